The summed E-state index contributed by atoms with van der Waals surface area (Å²) >= 11 is 0. The molecule has 0 saturated heterocycles. The standard InChI is InChI=1S/C9H10F5N/c1-15-7-4-2-6(3-5-7)8(10,11)9(12,13)14/h2,4,15H,3,5H2,1H3. The van der Waals surface area contributed by atoms with Crippen molar-refractivity contribution in [2.45, 2.75) is 24.9 Å². The summed E-state index contributed by atoms with van der Waals surface area (Å²) in [6.45, 7) is 0. The van der Waals surface area contributed by atoms with Crippen LogP contribution in [0.5, 0.6) is 0 Å². The van der Waals surface area contributed by atoms with Crippen LogP contribution in [-0.2, 0) is 0 Å². The fourth-order valence-electron chi connectivity index (χ4n) is 1.29. The van der Waals surface area contributed by atoms with E-state index in [4.69, 9.17) is 0 Å². The van der Waals surface area contributed by atoms with E-state index in [0.29, 0.717) is 5.70 Å². The van der Waals surface area contributed by atoms with Gasteiger partial charge in [-0.2, -0.15) is 22.0 Å². The Labute approximate surface area is 83.7 Å². The first-order valence-corrected chi connectivity index (χ1v) is 4.31. The molecule has 15 heavy (non-hydrogen) atoms. The Morgan fingerprint density at radius 2 is 1.67 bits per heavy atom. The summed E-state index contributed by atoms with van der Waals surface area (Å²) in [5, 5.41) is 2.71. The largest absolute Gasteiger partial charge is 0.457 e. The Morgan fingerprint density at radius 1 is 1.07 bits per heavy atom. The molecule has 1 nitrogen and oxygen atoms in total. The average molecular weight is 227 g/mol. The van der Waals surface area contributed by atoms with Crippen LogP contribution in [0.2, 0.25) is 0 Å². The van der Waals surface area contributed by atoms with Crippen LogP contribution in [0.15, 0.2) is 23.4 Å². The molecule has 0 heterocycles. The second-order valence-corrected chi connectivity index (χ2v) is 3.21. The first-order valence-electron chi connectivity index (χ1n) is 4.31. The van der Waals surface area contributed by atoms with Crippen molar-refractivity contribution in [2.75, 3.05) is 7.05 Å². The Hall–Kier alpha value is -1.07. The summed E-state index contributed by atoms with van der Waals surface area (Å²) in [5.41, 5.74) is -0.231. The molecule has 6 heteroatoms. The SMILES string of the molecule is CNC1=CC=C(C(F)(F)C(F)(F)F)CC1. The van der Waals surface area contributed by atoms with Crippen LogP contribution in [0.3, 0.4) is 0 Å². The predicted octanol–water partition coefficient (Wildman–Crippen LogP) is 3.01. The minimum atomic E-state index is -5.51. The third kappa shape index (κ3) is 2.30. The Kier molecular flexibility index (Phi) is 3.06. The van der Waals surface area contributed by atoms with Gasteiger partial charge in [-0.05, 0) is 18.9 Å². The molecular formula is C9H10F5N. The lowest BCUT2D eigenvalue weighted by molar-refractivity contribution is -0.265. The fourth-order valence-corrected chi connectivity index (χ4v) is 1.29. The van der Waals surface area contributed by atoms with E-state index >= 15 is 0 Å². The zero-order chi connectivity index (χ0) is 11.7. The van der Waals surface area contributed by atoms with Crippen LogP contribution in [0.25, 0.3) is 0 Å². The first kappa shape index (κ1) is 12.0. The molecule has 0 aromatic heterocycles. The first-order chi connectivity index (χ1) is 6.79. The summed E-state index contributed by atoms with van der Waals surface area (Å²) in [6.07, 6.45) is -3.53. The van der Waals surface area contributed by atoms with E-state index < -0.39 is 17.7 Å². The van der Waals surface area contributed by atoms with Gasteiger partial charge in [0, 0.05) is 18.3 Å². The van der Waals surface area contributed by atoms with E-state index in [9.17, 15) is 22.0 Å². The number of halogens is 5. The second kappa shape index (κ2) is 3.83. The molecule has 0 aliphatic heterocycles. The normalized spacial score (nSPS) is 18.3. The van der Waals surface area contributed by atoms with Gasteiger partial charge in [0.2, 0.25) is 0 Å². The van der Waals surface area contributed by atoms with Gasteiger partial charge in [-0.25, -0.2) is 0 Å². The molecule has 1 aliphatic rings. The molecule has 0 fully saturated rings. The second-order valence-electron chi connectivity index (χ2n) is 3.21. The monoisotopic (exact) mass is 227 g/mol. The van der Waals surface area contributed by atoms with Crippen molar-refractivity contribution >= 4 is 0 Å². The maximum atomic E-state index is 12.8. The molecule has 0 saturated carbocycles. The van der Waals surface area contributed by atoms with Crippen LogP contribution in [-0.4, -0.2) is 19.1 Å². The summed E-state index contributed by atoms with van der Waals surface area (Å²) in [6, 6.07) is 0. The third-order valence-corrected chi connectivity index (χ3v) is 2.23. The zero-order valence-corrected chi connectivity index (χ0v) is 7.96. The number of hydrogen-bond donors (Lipinski definition) is 1. The number of hydrogen-bond acceptors (Lipinski definition) is 1. The fraction of sp³-hybridized carbons (Fsp3) is 0.556. The molecule has 0 aromatic carbocycles. The molecule has 0 amide bonds. The summed E-state index contributed by atoms with van der Waals surface area (Å²) < 4.78 is 61.5. The Balaban J connectivity index is 2.92. The van der Waals surface area contributed by atoms with Gasteiger partial charge >= 0.3 is 12.1 Å². The van der Waals surface area contributed by atoms with Crippen LogP contribution >= 0.6 is 0 Å². The van der Waals surface area contributed by atoms with Crippen molar-refractivity contribution in [1.29, 1.82) is 0 Å². The van der Waals surface area contributed by atoms with E-state index in [1.54, 1.807) is 7.05 Å². The lowest BCUT2D eigenvalue weighted by Crippen LogP contribution is -2.38. The Bertz CT molecular complexity index is 300. The molecule has 1 N–H and O–H groups in total. The van der Waals surface area contributed by atoms with Crippen molar-refractivity contribution in [1.82, 2.24) is 5.32 Å². The van der Waals surface area contributed by atoms with Crippen molar-refractivity contribution < 1.29 is 22.0 Å². The van der Waals surface area contributed by atoms with Crippen LogP contribution in [0.4, 0.5) is 22.0 Å². The molecule has 86 valence electrons. The molecule has 1 aliphatic carbocycles. The Morgan fingerprint density at radius 3 is 2.00 bits per heavy atom. The highest BCUT2D eigenvalue weighted by molar-refractivity contribution is 5.28. The molecule has 0 atom stereocenters. The average Bonchev–Trinajstić information content (AvgIpc) is 2.16. The van der Waals surface area contributed by atoms with E-state index in [2.05, 4.69) is 5.32 Å². The van der Waals surface area contributed by atoms with E-state index in [1.807, 2.05) is 0 Å². The van der Waals surface area contributed by atoms with Gasteiger partial charge in [0.05, 0.1) is 0 Å². The molecule has 0 spiro atoms. The van der Waals surface area contributed by atoms with Gasteiger partial charge in [-0.1, -0.05) is 6.08 Å². The smallest absolute Gasteiger partial charge is 0.391 e. The highest BCUT2D eigenvalue weighted by Crippen LogP contribution is 2.43. The van der Waals surface area contributed by atoms with Gasteiger partial charge in [-0.15, -0.1) is 0 Å². The topological polar surface area (TPSA) is 12.0 Å². The van der Waals surface area contributed by atoms with E-state index in [1.165, 1.54) is 6.08 Å². The highest BCUT2D eigenvalue weighted by atomic mass is 19.4. The summed E-state index contributed by atoms with van der Waals surface area (Å²) in [4.78, 5) is 0. The summed E-state index contributed by atoms with van der Waals surface area (Å²) in [5.74, 6) is -4.72. The molecule has 0 aromatic rings. The van der Waals surface area contributed by atoms with Gasteiger partial charge in [0.15, 0.2) is 0 Å². The van der Waals surface area contributed by atoms with E-state index in [-0.39, 0.29) is 12.8 Å². The van der Waals surface area contributed by atoms with Gasteiger partial charge in [0.1, 0.15) is 0 Å². The van der Waals surface area contributed by atoms with Gasteiger partial charge in [-0.3, -0.25) is 0 Å². The van der Waals surface area contributed by atoms with Crippen molar-refractivity contribution in [3.05, 3.63) is 23.4 Å². The zero-order valence-electron chi connectivity index (χ0n) is 7.96. The number of allylic oxidation sites excluding steroid dienone is 4. The molecular weight excluding hydrogens is 217 g/mol. The van der Waals surface area contributed by atoms with Gasteiger partial charge < -0.3 is 5.32 Å². The quantitative estimate of drug-likeness (QED) is 0.715. The minimum Gasteiger partial charge on any atom is -0.391 e. The maximum Gasteiger partial charge on any atom is 0.457 e. The highest BCUT2D eigenvalue weighted by Gasteiger charge is 2.59. The van der Waals surface area contributed by atoms with Crippen LogP contribution in [0, 0.1) is 0 Å². The van der Waals surface area contributed by atoms with Crippen molar-refractivity contribution in [3.63, 3.8) is 0 Å². The maximum absolute atomic E-state index is 12.8. The summed E-state index contributed by atoms with van der Waals surface area (Å²) in [7, 11) is 1.59. The van der Waals surface area contributed by atoms with Gasteiger partial charge in [0.25, 0.3) is 0 Å². The number of alkyl halides is 5. The van der Waals surface area contributed by atoms with Crippen molar-refractivity contribution in [2.24, 2.45) is 0 Å². The minimum absolute atomic E-state index is 0.175. The van der Waals surface area contributed by atoms with Crippen LogP contribution < -0.4 is 5.32 Å². The number of rotatable bonds is 2. The van der Waals surface area contributed by atoms with E-state index in [0.717, 1.165) is 6.08 Å². The molecule has 0 radical (unpaired) electrons. The third-order valence-electron chi connectivity index (χ3n) is 2.23. The molecule has 0 bridgehead atoms. The van der Waals surface area contributed by atoms with Crippen LogP contribution in [0.1, 0.15) is 12.8 Å². The molecule has 1 rings (SSSR count). The predicted molar refractivity (Wildman–Crippen MR) is 45.5 cm³/mol. The van der Waals surface area contributed by atoms with Crippen molar-refractivity contribution in [3.8, 4) is 0 Å². The lowest BCUT2D eigenvalue weighted by Gasteiger charge is -2.24. The lowest BCUT2D eigenvalue weighted by atomic mass is 9.97. The number of nitrogens with one attached hydrogen (secondary N) is 1. The molecule has 0 unspecified atom stereocenters.